The third-order valence-electron chi connectivity index (χ3n) is 2.26. The average Bonchev–Trinajstić information content (AvgIpc) is 2.28. The molecule has 2 aromatic rings. The van der Waals surface area contributed by atoms with Gasteiger partial charge in [0.25, 0.3) is 0 Å². The molecule has 0 radical (unpaired) electrons. The van der Waals surface area contributed by atoms with Gasteiger partial charge >= 0.3 is 0 Å². The lowest BCUT2D eigenvalue weighted by Gasteiger charge is -2.03. The molecule has 0 unspecified atom stereocenters. The summed E-state index contributed by atoms with van der Waals surface area (Å²) in [5.74, 6) is -1.98. The van der Waals surface area contributed by atoms with Gasteiger partial charge < -0.3 is 0 Å². The SMILES string of the molecule is O=C(c1cccc(I)c1)c1ccc(F)cc1F. The molecule has 4 heteroatoms. The molecule has 0 saturated heterocycles. The molecule has 0 amide bonds. The van der Waals surface area contributed by atoms with Crippen LogP contribution in [0.4, 0.5) is 8.78 Å². The highest BCUT2D eigenvalue weighted by molar-refractivity contribution is 14.1. The van der Waals surface area contributed by atoms with E-state index >= 15 is 0 Å². The molecule has 2 aromatic carbocycles. The number of carbonyl (C=O) groups excluding carboxylic acids is 1. The van der Waals surface area contributed by atoms with Crippen LogP contribution in [0.3, 0.4) is 0 Å². The molecule has 17 heavy (non-hydrogen) atoms. The third kappa shape index (κ3) is 2.69. The van der Waals surface area contributed by atoms with Gasteiger partial charge in [0.05, 0.1) is 5.56 Å². The molecule has 0 heterocycles. The molecular formula is C13H7F2IO. The van der Waals surface area contributed by atoms with E-state index in [1.165, 1.54) is 0 Å². The smallest absolute Gasteiger partial charge is 0.196 e. The van der Waals surface area contributed by atoms with Crippen LogP contribution in [0, 0.1) is 15.2 Å². The van der Waals surface area contributed by atoms with Gasteiger partial charge in [0.1, 0.15) is 11.6 Å². The fourth-order valence-electron chi connectivity index (χ4n) is 1.46. The van der Waals surface area contributed by atoms with E-state index in [9.17, 15) is 13.6 Å². The zero-order valence-corrected chi connectivity index (χ0v) is 10.7. The minimum absolute atomic E-state index is 0.117. The maximum Gasteiger partial charge on any atom is 0.196 e. The zero-order valence-electron chi connectivity index (χ0n) is 8.58. The van der Waals surface area contributed by atoms with Gasteiger partial charge in [-0.3, -0.25) is 4.79 Å². The first kappa shape index (κ1) is 12.2. The van der Waals surface area contributed by atoms with Crippen LogP contribution in [0.2, 0.25) is 0 Å². The summed E-state index contributed by atoms with van der Waals surface area (Å²) in [6, 6.07) is 9.76. The van der Waals surface area contributed by atoms with Crippen molar-refractivity contribution in [2.75, 3.05) is 0 Å². The summed E-state index contributed by atoms with van der Waals surface area (Å²) >= 11 is 2.07. The maximum absolute atomic E-state index is 13.4. The fourth-order valence-corrected chi connectivity index (χ4v) is 2.00. The lowest BCUT2D eigenvalue weighted by Crippen LogP contribution is -2.04. The third-order valence-corrected chi connectivity index (χ3v) is 2.93. The Hall–Kier alpha value is -1.30. The molecular weight excluding hydrogens is 337 g/mol. The number of carbonyl (C=O) groups is 1. The van der Waals surface area contributed by atoms with Crippen molar-refractivity contribution in [3.63, 3.8) is 0 Å². The van der Waals surface area contributed by atoms with Crippen LogP contribution in [0.25, 0.3) is 0 Å². The van der Waals surface area contributed by atoms with E-state index in [1.54, 1.807) is 18.2 Å². The molecule has 86 valence electrons. The van der Waals surface area contributed by atoms with Crippen molar-refractivity contribution in [2.24, 2.45) is 0 Å². The van der Waals surface area contributed by atoms with Crippen LogP contribution >= 0.6 is 22.6 Å². The van der Waals surface area contributed by atoms with Crippen molar-refractivity contribution in [3.8, 4) is 0 Å². The van der Waals surface area contributed by atoms with Crippen molar-refractivity contribution < 1.29 is 13.6 Å². The van der Waals surface area contributed by atoms with E-state index in [4.69, 9.17) is 0 Å². The Bertz CT molecular complexity index is 581. The number of hydrogen-bond donors (Lipinski definition) is 0. The molecule has 0 N–H and O–H groups in total. The second kappa shape index (κ2) is 4.91. The second-order valence-electron chi connectivity index (χ2n) is 3.46. The highest BCUT2D eigenvalue weighted by Crippen LogP contribution is 2.16. The molecule has 0 fully saturated rings. The van der Waals surface area contributed by atoms with Gasteiger partial charge in [0.15, 0.2) is 5.78 Å². The number of rotatable bonds is 2. The van der Waals surface area contributed by atoms with Gasteiger partial charge in [-0.1, -0.05) is 12.1 Å². The normalized spacial score (nSPS) is 10.3. The number of ketones is 1. The summed E-state index contributed by atoms with van der Waals surface area (Å²) in [5, 5.41) is 0. The first-order valence-corrected chi connectivity index (χ1v) is 5.91. The number of hydrogen-bond acceptors (Lipinski definition) is 1. The Balaban J connectivity index is 2.44. The van der Waals surface area contributed by atoms with E-state index < -0.39 is 17.4 Å². The lowest BCUT2D eigenvalue weighted by atomic mass is 10.0. The summed E-state index contributed by atoms with van der Waals surface area (Å²) in [4.78, 5) is 12.0. The molecule has 0 atom stereocenters. The number of benzene rings is 2. The summed E-state index contributed by atoms with van der Waals surface area (Å²) < 4.78 is 27.0. The highest BCUT2D eigenvalue weighted by atomic mass is 127. The average molecular weight is 344 g/mol. The van der Waals surface area contributed by atoms with Crippen molar-refractivity contribution in [1.29, 1.82) is 0 Å². The Labute approximate surface area is 111 Å². The van der Waals surface area contributed by atoms with Crippen molar-refractivity contribution in [1.82, 2.24) is 0 Å². The predicted molar refractivity (Wildman–Crippen MR) is 68.9 cm³/mol. The maximum atomic E-state index is 13.4. The molecule has 1 nitrogen and oxygen atoms in total. The van der Waals surface area contributed by atoms with Gasteiger partial charge in [-0.05, 0) is 46.9 Å². The topological polar surface area (TPSA) is 17.1 Å². The van der Waals surface area contributed by atoms with E-state index in [0.29, 0.717) is 11.6 Å². The van der Waals surface area contributed by atoms with Gasteiger partial charge in [-0.2, -0.15) is 0 Å². The molecule has 0 aliphatic rings. The molecule has 0 aliphatic carbocycles. The van der Waals surface area contributed by atoms with E-state index in [0.717, 1.165) is 15.7 Å². The first-order chi connectivity index (χ1) is 8.08. The van der Waals surface area contributed by atoms with E-state index in [1.807, 2.05) is 6.07 Å². The van der Waals surface area contributed by atoms with Crippen LogP contribution in [0.1, 0.15) is 15.9 Å². The van der Waals surface area contributed by atoms with E-state index in [2.05, 4.69) is 22.6 Å². The lowest BCUT2D eigenvalue weighted by molar-refractivity contribution is 0.103. The van der Waals surface area contributed by atoms with Crippen molar-refractivity contribution in [3.05, 3.63) is 68.8 Å². The quantitative estimate of drug-likeness (QED) is 0.598. The van der Waals surface area contributed by atoms with E-state index in [-0.39, 0.29) is 5.56 Å². The largest absolute Gasteiger partial charge is 0.288 e. The summed E-state index contributed by atoms with van der Waals surface area (Å²) in [5.41, 5.74) is 0.274. The standard InChI is InChI=1S/C13H7F2IO/c14-9-4-5-11(12(15)7-9)13(17)8-2-1-3-10(16)6-8/h1-7H. The summed E-state index contributed by atoms with van der Waals surface area (Å²) in [6.07, 6.45) is 0. The molecule has 0 aromatic heterocycles. The number of halogens is 3. The Morgan fingerprint density at radius 1 is 1.06 bits per heavy atom. The van der Waals surface area contributed by atoms with Gasteiger partial charge in [0.2, 0.25) is 0 Å². The second-order valence-corrected chi connectivity index (χ2v) is 4.71. The van der Waals surface area contributed by atoms with Crippen molar-refractivity contribution >= 4 is 28.4 Å². The fraction of sp³-hybridized carbons (Fsp3) is 0. The zero-order chi connectivity index (χ0) is 12.4. The monoisotopic (exact) mass is 344 g/mol. The molecule has 2 rings (SSSR count). The summed E-state index contributed by atoms with van der Waals surface area (Å²) in [7, 11) is 0. The van der Waals surface area contributed by atoms with Crippen LogP contribution in [0.5, 0.6) is 0 Å². The van der Waals surface area contributed by atoms with Crippen LogP contribution in [0.15, 0.2) is 42.5 Å². The highest BCUT2D eigenvalue weighted by Gasteiger charge is 2.14. The van der Waals surface area contributed by atoms with Crippen LogP contribution in [-0.4, -0.2) is 5.78 Å². The van der Waals surface area contributed by atoms with Crippen LogP contribution in [-0.2, 0) is 0 Å². The molecule has 0 spiro atoms. The molecule has 0 aliphatic heterocycles. The molecule has 0 saturated carbocycles. The van der Waals surface area contributed by atoms with Gasteiger partial charge in [0, 0.05) is 15.2 Å². The Morgan fingerprint density at radius 2 is 1.82 bits per heavy atom. The molecule has 0 bridgehead atoms. The van der Waals surface area contributed by atoms with Crippen molar-refractivity contribution in [2.45, 2.75) is 0 Å². The predicted octanol–water partition coefficient (Wildman–Crippen LogP) is 3.80. The van der Waals surface area contributed by atoms with Gasteiger partial charge in [-0.15, -0.1) is 0 Å². The Kier molecular flexibility index (Phi) is 3.51. The minimum atomic E-state index is -0.839. The Morgan fingerprint density at radius 3 is 2.47 bits per heavy atom. The van der Waals surface area contributed by atoms with Crippen LogP contribution < -0.4 is 0 Å². The van der Waals surface area contributed by atoms with Gasteiger partial charge in [-0.25, -0.2) is 8.78 Å². The summed E-state index contributed by atoms with van der Waals surface area (Å²) in [6.45, 7) is 0. The minimum Gasteiger partial charge on any atom is -0.288 e. The first-order valence-electron chi connectivity index (χ1n) is 4.83.